The van der Waals surface area contributed by atoms with Crippen molar-refractivity contribution in [3.63, 3.8) is 0 Å². The fourth-order valence-corrected chi connectivity index (χ4v) is 2.41. The number of hydrogen-bond acceptors (Lipinski definition) is 6. The topological polar surface area (TPSA) is 86.5 Å². The molecule has 1 amide bonds. The molecule has 1 aromatic heterocycles. The van der Waals surface area contributed by atoms with E-state index in [9.17, 15) is 4.79 Å². The summed E-state index contributed by atoms with van der Waals surface area (Å²) >= 11 is 0. The Morgan fingerprint density at radius 3 is 2.56 bits per heavy atom. The van der Waals surface area contributed by atoms with Crippen LogP contribution in [-0.2, 0) is 11.3 Å². The third-order valence-electron chi connectivity index (χ3n) is 3.93. The minimum Gasteiger partial charge on any atom is -0.493 e. The molecule has 27 heavy (non-hydrogen) atoms. The molecule has 0 saturated carbocycles. The molecule has 0 bridgehead atoms. The van der Waals surface area contributed by atoms with Crippen LogP contribution in [0.4, 0.5) is 0 Å². The van der Waals surface area contributed by atoms with Crippen molar-refractivity contribution in [3.05, 3.63) is 60.0 Å². The molecule has 0 fully saturated rings. The maximum atomic E-state index is 12.3. The molecular weight excluding hydrogens is 346 g/mol. The molecule has 140 valence electrons. The van der Waals surface area contributed by atoms with Crippen molar-refractivity contribution in [2.75, 3.05) is 7.11 Å². The van der Waals surface area contributed by atoms with Crippen molar-refractivity contribution in [2.45, 2.75) is 26.5 Å². The fourth-order valence-electron chi connectivity index (χ4n) is 2.41. The first-order chi connectivity index (χ1) is 13.1. The largest absolute Gasteiger partial charge is 0.493 e. The second kappa shape index (κ2) is 8.35. The molecule has 1 heterocycles. The SMILES string of the molecule is COc1ccccc1OC(C)C(=O)NCc1nc(-c2ccc(C)cc2)no1. The highest BCUT2D eigenvalue weighted by atomic mass is 16.5. The van der Waals surface area contributed by atoms with Crippen molar-refractivity contribution in [2.24, 2.45) is 0 Å². The molecule has 0 aliphatic rings. The van der Waals surface area contributed by atoms with Gasteiger partial charge in [-0.25, -0.2) is 0 Å². The van der Waals surface area contributed by atoms with E-state index >= 15 is 0 Å². The number of rotatable bonds is 7. The lowest BCUT2D eigenvalue weighted by atomic mass is 10.1. The minimum atomic E-state index is -0.708. The van der Waals surface area contributed by atoms with Crippen molar-refractivity contribution in [1.82, 2.24) is 15.5 Å². The number of amides is 1. The summed E-state index contributed by atoms with van der Waals surface area (Å²) in [6.07, 6.45) is -0.708. The van der Waals surface area contributed by atoms with Crippen LogP contribution in [0, 0.1) is 6.92 Å². The van der Waals surface area contributed by atoms with Gasteiger partial charge in [0.15, 0.2) is 17.6 Å². The van der Waals surface area contributed by atoms with E-state index in [1.807, 2.05) is 43.3 Å². The Balaban J connectivity index is 1.56. The van der Waals surface area contributed by atoms with Crippen LogP contribution in [0.1, 0.15) is 18.4 Å². The Labute approximate surface area is 157 Å². The monoisotopic (exact) mass is 367 g/mol. The molecule has 3 rings (SSSR count). The number of aryl methyl sites for hydroxylation is 1. The number of nitrogens with zero attached hydrogens (tertiary/aromatic N) is 2. The number of nitrogens with one attached hydrogen (secondary N) is 1. The lowest BCUT2D eigenvalue weighted by molar-refractivity contribution is -0.127. The van der Waals surface area contributed by atoms with Crippen LogP contribution in [0.25, 0.3) is 11.4 Å². The van der Waals surface area contributed by atoms with E-state index in [2.05, 4.69) is 15.5 Å². The number of para-hydroxylation sites is 2. The van der Waals surface area contributed by atoms with Crippen molar-refractivity contribution in [3.8, 4) is 22.9 Å². The van der Waals surface area contributed by atoms with E-state index in [1.165, 1.54) is 0 Å². The average Bonchev–Trinajstić information content (AvgIpc) is 3.16. The number of carbonyl (C=O) groups is 1. The number of benzene rings is 2. The first-order valence-electron chi connectivity index (χ1n) is 8.54. The van der Waals surface area contributed by atoms with E-state index in [0.717, 1.165) is 11.1 Å². The molecule has 7 nitrogen and oxygen atoms in total. The van der Waals surface area contributed by atoms with Gasteiger partial charge in [0.2, 0.25) is 11.7 Å². The molecule has 1 unspecified atom stereocenters. The van der Waals surface area contributed by atoms with E-state index < -0.39 is 6.10 Å². The molecule has 7 heteroatoms. The Morgan fingerprint density at radius 2 is 1.85 bits per heavy atom. The summed E-state index contributed by atoms with van der Waals surface area (Å²) in [5.74, 6) is 1.58. The molecular formula is C20H21N3O4. The summed E-state index contributed by atoms with van der Waals surface area (Å²) in [6, 6.07) is 15.0. The highest BCUT2D eigenvalue weighted by Crippen LogP contribution is 2.26. The van der Waals surface area contributed by atoms with Gasteiger partial charge in [0.1, 0.15) is 0 Å². The maximum Gasteiger partial charge on any atom is 0.261 e. The molecule has 1 atom stereocenters. The minimum absolute atomic E-state index is 0.122. The van der Waals surface area contributed by atoms with Crippen LogP contribution in [-0.4, -0.2) is 29.3 Å². The van der Waals surface area contributed by atoms with Gasteiger partial charge >= 0.3 is 0 Å². The summed E-state index contributed by atoms with van der Waals surface area (Å²) in [7, 11) is 1.55. The van der Waals surface area contributed by atoms with Crippen LogP contribution in [0.15, 0.2) is 53.1 Å². The third kappa shape index (κ3) is 4.63. The van der Waals surface area contributed by atoms with E-state index in [4.69, 9.17) is 14.0 Å². The fraction of sp³-hybridized carbons (Fsp3) is 0.250. The van der Waals surface area contributed by atoms with Crippen LogP contribution in [0.3, 0.4) is 0 Å². The predicted molar refractivity (Wildman–Crippen MR) is 99.4 cm³/mol. The summed E-state index contributed by atoms with van der Waals surface area (Å²) < 4.78 is 16.1. The van der Waals surface area contributed by atoms with Crippen LogP contribution in [0.2, 0.25) is 0 Å². The van der Waals surface area contributed by atoms with E-state index in [1.54, 1.807) is 26.2 Å². The van der Waals surface area contributed by atoms with E-state index in [-0.39, 0.29) is 12.5 Å². The van der Waals surface area contributed by atoms with Crippen LogP contribution < -0.4 is 14.8 Å². The Kier molecular flexibility index (Phi) is 5.71. The smallest absolute Gasteiger partial charge is 0.261 e. The normalized spacial score (nSPS) is 11.7. The van der Waals surface area contributed by atoms with Gasteiger partial charge in [0, 0.05) is 5.56 Å². The molecule has 1 N–H and O–H groups in total. The lowest BCUT2D eigenvalue weighted by Crippen LogP contribution is -2.36. The van der Waals surface area contributed by atoms with Crippen molar-refractivity contribution >= 4 is 5.91 Å². The molecule has 0 spiro atoms. The summed E-state index contributed by atoms with van der Waals surface area (Å²) in [6.45, 7) is 3.79. The summed E-state index contributed by atoms with van der Waals surface area (Å²) in [5.41, 5.74) is 2.01. The van der Waals surface area contributed by atoms with Gasteiger partial charge in [-0.1, -0.05) is 47.1 Å². The third-order valence-corrected chi connectivity index (χ3v) is 3.93. The number of carbonyl (C=O) groups excluding carboxylic acids is 1. The zero-order chi connectivity index (χ0) is 19.2. The number of hydrogen-bond donors (Lipinski definition) is 1. The average molecular weight is 367 g/mol. The van der Waals surface area contributed by atoms with Gasteiger partial charge in [-0.15, -0.1) is 0 Å². The second-order valence-electron chi connectivity index (χ2n) is 6.01. The van der Waals surface area contributed by atoms with E-state index in [0.29, 0.717) is 23.2 Å². The zero-order valence-electron chi connectivity index (χ0n) is 15.4. The quantitative estimate of drug-likeness (QED) is 0.690. The lowest BCUT2D eigenvalue weighted by Gasteiger charge is -2.16. The molecule has 0 aliphatic carbocycles. The zero-order valence-corrected chi connectivity index (χ0v) is 15.4. The predicted octanol–water partition coefficient (Wildman–Crippen LogP) is 3.14. The molecule has 3 aromatic rings. The first-order valence-corrected chi connectivity index (χ1v) is 8.54. The Bertz CT molecular complexity index is 906. The number of ether oxygens (including phenoxy) is 2. The van der Waals surface area contributed by atoms with Crippen molar-refractivity contribution in [1.29, 1.82) is 0 Å². The van der Waals surface area contributed by atoms with Gasteiger partial charge in [-0.3, -0.25) is 4.79 Å². The summed E-state index contributed by atoms with van der Waals surface area (Å²) in [4.78, 5) is 16.6. The molecule has 0 radical (unpaired) electrons. The van der Waals surface area contributed by atoms with Gasteiger partial charge < -0.3 is 19.3 Å². The highest BCUT2D eigenvalue weighted by Gasteiger charge is 2.17. The highest BCUT2D eigenvalue weighted by molar-refractivity contribution is 5.80. The van der Waals surface area contributed by atoms with Gasteiger partial charge in [-0.2, -0.15) is 4.98 Å². The van der Waals surface area contributed by atoms with Gasteiger partial charge in [0.25, 0.3) is 5.91 Å². The maximum absolute atomic E-state index is 12.3. The Morgan fingerprint density at radius 1 is 1.15 bits per heavy atom. The molecule has 2 aromatic carbocycles. The van der Waals surface area contributed by atoms with Crippen LogP contribution >= 0.6 is 0 Å². The number of methoxy groups -OCH3 is 1. The Hall–Kier alpha value is -3.35. The van der Waals surface area contributed by atoms with Crippen LogP contribution in [0.5, 0.6) is 11.5 Å². The first kappa shape index (κ1) is 18.4. The number of aromatic nitrogens is 2. The standard InChI is InChI=1S/C20H21N3O4/c1-13-8-10-15(11-9-13)19-22-18(27-23-19)12-21-20(24)14(2)26-17-7-5-4-6-16(17)25-3/h4-11,14H,12H2,1-3H3,(H,21,24). The van der Waals surface area contributed by atoms with Gasteiger partial charge in [0.05, 0.1) is 13.7 Å². The summed E-state index contributed by atoms with van der Waals surface area (Å²) in [5, 5.41) is 6.67. The van der Waals surface area contributed by atoms with Crippen molar-refractivity contribution < 1.29 is 18.8 Å². The molecule has 0 saturated heterocycles. The second-order valence-corrected chi connectivity index (χ2v) is 6.01. The van der Waals surface area contributed by atoms with Gasteiger partial charge in [-0.05, 0) is 26.0 Å². The molecule has 0 aliphatic heterocycles.